The second-order valence-corrected chi connectivity index (χ2v) is 8.78. The van der Waals surface area contributed by atoms with Gasteiger partial charge in [0.2, 0.25) is 5.95 Å². The van der Waals surface area contributed by atoms with E-state index in [1.54, 1.807) is 19.2 Å². The highest BCUT2D eigenvalue weighted by atomic mass is 16.5. The zero-order valence-corrected chi connectivity index (χ0v) is 19.8. The van der Waals surface area contributed by atoms with E-state index in [4.69, 9.17) is 9.72 Å². The zero-order chi connectivity index (χ0) is 24.4. The summed E-state index contributed by atoms with van der Waals surface area (Å²) >= 11 is 0. The lowest BCUT2D eigenvalue weighted by atomic mass is 10.1. The van der Waals surface area contributed by atoms with Crippen LogP contribution in [-0.4, -0.2) is 67.8 Å². The fraction of sp³-hybridized carbons (Fsp3) is 0.522. The van der Waals surface area contributed by atoms with Gasteiger partial charge in [0.1, 0.15) is 11.5 Å². The van der Waals surface area contributed by atoms with Crippen LogP contribution >= 0.6 is 0 Å². The molecule has 0 spiro atoms. The summed E-state index contributed by atoms with van der Waals surface area (Å²) < 4.78 is 10.1. The predicted molar refractivity (Wildman–Crippen MR) is 129 cm³/mol. The third kappa shape index (κ3) is 4.80. The van der Waals surface area contributed by atoms with Crippen LogP contribution in [0.1, 0.15) is 18.9 Å². The van der Waals surface area contributed by atoms with Gasteiger partial charge < -0.3 is 29.7 Å². The fourth-order valence-corrected chi connectivity index (χ4v) is 4.41. The number of anilines is 1. The highest BCUT2D eigenvalue weighted by molar-refractivity contribution is 5.74. The number of morpholine rings is 1. The number of nitrogens with one attached hydrogen (secondary N) is 1. The third-order valence-corrected chi connectivity index (χ3v) is 6.14. The SMILES string of the molecule is CC1CN(c2nc3c(c(=O)n(C)c(=O)n3C)n2CCCNCCc2cc(O)cc(O)c2)CCO1. The number of aryl methyl sites for hydroxylation is 2. The first-order valence-electron chi connectivity index (χ1n) is 11.5. The van der Waals surface area contributed by atoms with E-state index >= 15 is 0 Å². The van der Waals surface area contributed by atoms with Crippen molar-refractivity contribution in [3.05, 3.63) is 44.6 Å². The number of aromatic nitrogens is 4. The van der Waals surface area contributed by atoms with Gasteiger partial charge in [-0.05, 0) is 50.6 Å². The van der Waals surface area contributed by atoms with Gasteiger partial charge in [0.05, 0.1) is 12.7 Å². The highest BCUT2D eigenvalue weighted by Gasteiger charge is 2.25. The summed E-state index contributed by atoms with van der Waals surface area (Å²) in [7, 11) is 3.12. The summed E-state index contributed by atoms with van der Waals surface area (Å²) in [6.07, 6.45) is 1.46. The van der Waals surface area contributed by atoms with Crippen molar-refractivity contribution in [2.75, 3.05) is 37.7 Å². The minimum absolute atomic E-state index is 0.0444. The number of ether oxygens (including phenoxy) is 1. The van der Waals surface area contributed by atoms with Crippen LogP contribution in [0.5, 0.6) is 11.5 Å². The molecule has 1 aromatic carbocycles. The van der Waals surface area contributed by atoms with Crippen LogP contribution in [-0.2, 0) is 31.8 Å². The second-order valence-electron chi connectivity index (χ2n) is 8.78. The molecular formula is C23H32N6O5. The largest absolute Gasteiger partial charge is 0.508 e. The Bertz CT molecular complexity index is 1270. The van der Waals surface area contributed by atoms with Crippen molar-refractivity contribution < 1.29 is 14.9 Å². The van der Waals surface area contributed by atoms with Crippen molar-refractivity contribution in [2.45, 2.75) is 32.4 Å². The van der Waals surface area contributed by atoms with Gasteiger partial charge >= 0.3 is 5.69 Å². The van der Waals surface area contributed by atoms with Gasteiger partial charge in [0.15, 0.2) is 11.2 Å². The lowest BCUT2D eigenvalue weighted by molar-refractivity contribution is 0.0524. The average molecular weight is 473 g/mol. The van der Waals surface area contributed by atoms with Gasteiger partial charge in [-0.2, -0.15) is 4.98 Å². The molecule has 0 radical (unpaired) electrons. The smallest absolute Gasteiger partial charge is 0.332 e. The first-order valence-corrected chi connectivity index (χ1v) is 11.5. The summed E-state index contributed by atoms with van der Waals surface area (Å²) in [5, 5.41) is 22.6. The average Bonchev–Trinajstić information content (AvgIpc) is 3.17. The standard InChI is InChI=1S/C23H32N6O5/c1-15-14-28(9-10-34-15)22-25-20-19(21(32)27(3)23(33)26(20)2)29(22)8-4-6-24-7-5-16-11-17(30)13-18(31)12-16/h11-13,15,24,30-31H,4-10,14H2,1-3H3. The molecule has 1 unspecified atom stereocenters. The van der Waals surface area contributed by atoms with Crippen LogP contribution in [0, 0.1) is 0 Å². The molecule has 1 atom stereocenters. The van der Waals surface area contributed by atoms with Crippen LogP contribution in [0.15, 0.2) is 27.8 Å². The number of imidazole rings is 1. The molecule has 184 valence electrons. The molecule has 3 heterocycles. The molecule has 0 aliphatic carbocycles. The Morgan fingerprint density at radius 2 is 1.85 bits per heavy atom. The Kier molecular flexibility index (Phi) is 6.94. The van der Waals surface area contributed by atoms with Gasteiger partial charge in [-0.25, -0.2) is 4.79 Å². The van der Waals surface area contributed by atoms with Gasteiger partial charge in [-0.1, -0.05) is 0 Å². The molecule has 3 aromatic rings. The number of phenolic OH excluding ortho intramolecular Hbond substituents is 2. The minimum Gasteiger partial charge on any atom is -0.508 e. The van der Waals surface area contributed by atoms with Crippen molar-refractivity contribution in [3.8, 4) is 11.5 Å². The van der Waals surface area contributed by atoms with E-state index in [0.29, 0.717) is 62.9 Å². The Morgan fingerprint density at radius 1 is 1.12 bits per heavy atom. The first-order chi connectivity index (χ1) is 16.3. The van der Waals surface area contributed by atoms with Gasteiger partial charge in [-0.15, -0.1) is 0 Å². The molecule has 0 bridgehead atoms. The Hall–Kier alpha value is -3.31. The van der Waals surface area contributed by atoms with Crippen LogP contribution in [0.2, 0.25) is 0 Å². The van der Waals surface area contributed by atoms with Crippen LogP contribution < -0.4 is 21.5 Å². The number of nitrogens with zero attached hydrogens (tertiary/aromatic N) is 5. The van der Waals surface area contributed by atoms with Crippen LogP contribution in [0.4, 0.5) is 5.95 Å². The summed E-state index contributed by atoms with van der Waals surface area (Å²) in [4.78, 5) is 32.3. The number of benzene rings is 1. The van der Waals surface area contributed by atoms with E-state index < -0.39 is 5.69 Å². The normalized spacial score (nSPS) is 16.4. The van der Waals surface area contributed by atoms with Crippen molar-refractivity contribution in [1.82, 2.24) is 24.0 Å². The zero-order valence-electron chi connectivity index (χ0n) is 19.8. The van der Waals surface area contributed by atoms with E-state index in [9.17, 15) is 19.8 Å². The van der Waals surface area contributed by atoms with Crippen LogP contribution in [0.25, 0.3) is 11.2 Å². The number of hydrogen-bond acceptors (Lipinski definition) is 8. The summed E-state index contributed by atoms with van der Waals surface area (Å²) in [6.45, 7) is 5.85. The molecule has 0 saturated carbocycles. The van der Waals surface area contributed by atoms with Gasteiger partial charge in [-0.3, -0.25) is 13.9 Å². The molecule has 11 nitrogen and oxygen atoms in total. The number of phenols is 2. The quantitative estimate of drug-likeness (QED) is 0.400. The Balaban J connectivity index is 1.50. The molecule has 4 rings (SSSR count). The molecule has 1 fully saturated rings. The molecule has 34 heavy (non-hydrogen) atoms. The molecular weight excluding hydrogens is 440 g/mol. The number of aromatic hydroxyl groups is 2. The van der Waals surface area contributed by atoms with E-state index in [2.05, 4.69) is 10.2 Å². The highest BCUT2D eigenvalue weighted by Crippen LogP contribution is 2.22. The Morgan fingerprint density at radius 3 is 2.56 bits per heavy atom. The van der Waals surface area contributed by atoms with E-state index in [0.717, 1.165) is 16.6 Å². The third-order valence-electron chi connectivity index (χ3n) is 6.14. The fourth-order valence-electron chi connectivity index (χ4n) is 4.41. The number of fused-ring (bicyclic) bond motifs is 1. The van der Waals surface area contributed by atoms with Crippen molar-refractivity contribution in [3.63, 3.8) is 0 Å². The lowest BCUT2D eigenvalue weighted by Gasteiger charge is -2.32. The molecule has 1 saturated heterocycles. The molecule has 0 amide bonds. The van der Waals surface area contributed by atoms with Crippen molar-refractivity contribution >= 4 is 17.1 Å². The maximum atomic E-state index is 13.0. The molecule has 2 aromatic heterocycles. The molecule has 3 N–H and O–H groups in total. The van der Waals surface area contributed by atoms with E-state index in [1.165, 1.54) is 17.7 Å². The molecule has 1 aliphatic heterocycles. The minimum atomic E-state index is -0.399. The van der Waals surface area contributed by atoms with Gasteiger partial charge in [0, 0.05) is 39.8 Å². The van der Waals surface area contributed by atoms with Crippen molar-refractivity contribution in [2.24, 2.45) is 14.1 Å². The number of rotatable bonds is 8. The number of hydrogen-bond donors (Lipinski definition) is 3. The monoisotopic (exact) mass is 472 g/mol. The summed E-state index contributed by atoms with van der Waals surface area (Å²) in [6, 6.07) is 4.57. The summed E-state index contributed by atoms with van der Waals surface area (Å²) in [5.41, 5.74) is 0.908. The van der Waals surface area contributed by atoms with Crippen molar-refractivity contribution in [1.29, 1.82) is 0 Å². The van der Waals surface area contributed by atoms with E-state index in [1.807, 2.05) is 11.5 Å². The van der Waals surface area contributed by atoms with E-state index in [-0.39, 0.29) is 23.2 Å². The first kappa shape index (κ1) is 23.8. The lowest BCUT2D eigenvalue weighted by Crippen LogP contribution is -2.42. The topological polar surface area (TPSA) is 127 Å². The van der Waals surface area contributed by atoms with Gasteiger partial charge in [0.25, 0.3) is 5.56 Å². The molecule has 1 aliphatic rings. The van der Waals surface area contributed by atoms with Crippen LogP contribution in [0.3, 0.4) is 0 Å². The predicted octanol–water partition coefficient (Wildman–Crippen LogP) is 0.292. The maximum Gasteiger partial charge on any atom is 0.332 e. The Labute approximate surface area is 196 Å². The molecule has 11 heteroatoms. The maximum absolute atomic E-state index is 13.0. The second kappa shape index (κ2) is 9.90. The summed E-state index contributed by atoms with van der Waals surface area (Å²) in [5.74, 6) is 0.768.